The molecule has 1 heterocycles. The maximum atomic E-state index is 4.45. The molecule has 0 spiro atoms. The zero-order chi connectivity index (χ0) is 14.1. The third-order valence-corrected chi connectivity index (χ3v) is 5.53. The average Bonchev–Trinajstić information content (AvgIpc) is 2.82. The molecule has 1 aromatic rings. The Hall–Kier alpha value is -0.830. The van der Waals surface area contributed by atoms with Crippen LogP contribution >= 0.6 is 0 Å². The van der Waals surface area contributed by atoms with E-state index in [4.69, 9.17) is 0 Å². The van der Waals surface area contributed by atoms with Crippen LogP contribution in [-0.4, -0.2) is 15.8 Å². The summed E-state index contributed by atoms with van der Waals surface area (Å²) in [5.41, 5.74) is 2.91. The van der Waals surface area contributed by atoms with E-state index in [2.05, 4.69) is 42.2 Å². The summed E-state index contributed by atoms with van der Waals surface area (Å²) in [6.45, 7) is 4.75. The van der Waals surface area contributed by atoms with Crippen LogP contribution in [0.5, 0.6) is 0 Å². The molecule has 0 saturated heterocycles. The molecule has 0 aliphatic heterocycles. The smallest absolute Gasteiger partial charge is 0.0540 e. The molecule has 1 saturated carbocycles. The molecule has 1 atom stereocenters. The van der Waals surface area contributed by atoms with Crippen molar-refractivity contribution in [3.63, 3.8) is 0 Å². The Morgan fingerprint density at radius 2 is 1.95 bits per heavy atom. The molecule has 1 unspecified atom stereocenters. The normalized spacial score (nSPS) is 30.5. The van der Waals surface area contributed by atoms with Crippen molar-refractivity contribution in [1.82, 2.24) is 15.1 Å². The van der Waals surface area contributed by atoms with Gasteiger partial charge in [-0.2, -0.15) is 5.10 Å². The molecule has 20 heavy (non-hydrogen) atoms. The van der Waals surface area contributed by atoms with Gasteiger partial charge in [0.15, 0.2) is 0 Å². The largest absolute Gasteiger partial charge is 0.307 e. The molecule has 3 heteroatoms. The van der Waals surface area contributed by atoms with Gasteiger partial charge in [-0.15, -0.1) is 0 Å². The highest BCUT2D eigenvalue weighted by atomic mass is 15.3. The second-order valence-electron chi connectivity index (χ2n) is 7.14. The Labute approximate surface area is 123 Å². The van der Waals surface area contributed by atoms with E-state index in [1.165, 1.54) is 56.2 Å². The van der Waals surface area contributed by atoms with Gasteiger partial charge in [-0.3, -0.25) is 4.68 Å². The van der Waals surface area contributed by atoms with Crippen LogP contribution in [0.4, 0.5) is 0 Å². The molecule has 112 valence electrons. The molecule has 1 aromatic heterocycles. The Balaban J connectivity index is 1.60. The fourth-order valence-electron chi connectivity index (χ4n) is 4.12. The van der Waals surface area contributed by atoms with Gasteiger partial charge in [0.1, 0.15) is 0 Å². The molecule has 1 fully saturated rings. The number of rotatable bonds is 3. The molecular weight excluding hydrogens is 246 g/mol. The first kappa shape index (κ1) is 14.1. The fourth-order valence-corrected chi connectivity index (χ4v) is 4.12. The maximum Gasteiger partial charge on any atom is 0.0540 e. The molecule has 0 aromatic carbocycles. The Bertz CT molecular complexity index is 441. The van der Waals surface area contributed by atoms with Crippen molar-refractivity contribution < 1.29 is 0 Å². The zero-order valence-electron chi connectivity index (χ0n) is 13.2. The molecule has 2 aliphatic carbocycles. The minimum Gasteiger partial charge on any atom is -0.307 e. The molecule has 1 N–H and O–H groups in total. The van der Waals surface area contributed by atoms with Gasteiger partial charge in [0, 0.05) is 30.4 Å². The summed E-state index contributed by atoms with van der Waals surface area (Å²) in [6.07, 6.45) is 11.4. The van der Waals surface area contributed by atoms with Crippen molar-refractivity contribution in [2.24, 2.45) is 18.9 Å². The minimum absolute atomic E-state index is 0.549. The van der Waals surface area contributed by atoms with Gasteiger partial charge >= 0.3 is 0 Å². The highest BCUT2D eigenvalue weighted by Gasteiger charge is 2.28. The van der Waals surface area contributed by atoms with Crippen molar-refractivity contribution >= 4 is 0 Å². The minimum atomic E-state index is 0.549. The average molecular weight is 275 g/mol. The van der Waals surface area contributed by atoms with Crippen LogP contribution in [0, 0.1) is 11.8 Å². The van der Waals surface area contributed by atoms with Crippen LogP contribution in [0.15, 0.2) is 6.20 Å². The highest BCUT2D eigenvalue weighted by Crippen LogP contribution is 2.34. The highest BCUT2D eigenvalue weighted by molar-refractivity contribution is 5.24. The number of aromatic nitrogens is 2. The van der Waals surface area contributed by atoms with Gasteiger partial charge in [0.25, 0.3) is 0 Å². The zero-order valence-corrected chi connectivity index (χ0v) is 13.2. The summed E-state index contributed by atoms with van der Waals surface area (Å²) in [5.74, 6) is 1.81. The number of nitrogens with one attached hydrogen (secondary N) is 1. The van der Waals surface area contributed by atoms with E-state index in [0.29, 0.717) is 6.04 Å². The summed E-state index contributed by atoms with van der Waals surface area (Å²) >= 11 is 0. The van der Waals surface area contributed by atoms with Gasteiger partial charge in [-0.05, 0) is 56.8 Å². The Morgan fingerprint density at radius 1 is 1.20 bits per heavy atom. The number of hydrogen-bond acceptors (Lipinski definition) is 2. The summed E-state index contributed by atoms with van der Waals surface area (Å²) < 4.78 is 2.07. The lowest BCUT2D eigenvalue weighted by molar-refractivity contribution is 0.224. The van der Waals surface area contributed by atoms with E-state index >= 15 is 0 Å². The summed E-state index contributed by atoms with van der Waals surface area (Å²) in [6, 6.07) is 1.27. The molecule has 3 nitrogen and oxygen atoms in total. The predicted octanol–water partition coefficient (Wildman–Crippen LogP) is 3.60. The van der Waals surface area contributed by atoms with Crippen LogP contribution in [0.1, 0.15) is 69.7 Å². The van der Waals surface area contributed by atoms with Crippen LogP contribution in [0.25, 0.3) is 0 Å². The molecule has 2 aliphatic rings. The topological polar surface area (TPSA) is 29.9 Å². The standard InChI is InChI=1S/C17H29N3/c1-12(2)13-7-9-14(10-8-13)19-16-5-4-6-17-15(16)11-18-20(17)3/h11-14,16,19H,4-10H2,1-3H3. The monoisotopic (exact) mass is 275 g/mol. The lowest BCUT2D eigenvalue weighted by atomic mass is 9.79. The SMILES string of the molecule is CC(C)C1CCC(NC2CCCc3c2cnn3C)CC1. The van der Waals surface area contributed by atoms with Crippen molar-refractivity contribution in [2.45, 2.75) is 70.9 Å². The van der Waals surface area contributed by atoms with E-state index in [1.807, 2.05) is 0 Å². The van der Waals surface area contributed by atoms with E-state index in [1.54, 1.807) is 0 Å². The Morgan fingerprint density at radius 3 is 2.65 bits per heavy atom. The first-order chi connectivity index (χ1) is 9.65. The third kappa shape index (κ3) is 2.78. The van der Waals surface area contributed by atoms with Crippen molar-refractivity contribution in [3.8, 4) is 0 Å². The second kappa shape index (κ2) is 5.88. The first-order valence-electron chi connectivity index (χ1n) is 8.42. The lowest BCUT2D eigenvalue weighted by Crippen LogP contribution is -2.37. The summed E-state index contributed by atoms with van der Waals surface area (Å²) in [4.78, 5) is 0. The molecule has 0 bridgehead atoms. The molecule has 0 radical (unpaired) electrons. The van der Waals surface area contributed by atoms with E-state index in [9.17, 15) is 0 Å². The summed E-state index contributed by atoms with van der Waals surface area (Å²) in [7, 11) is 2.08. The van der Waals surface area contributed by atoms with Crippen LogP contribution < -0.4 is 5.32 Å². The third-order valence-electron chi connectivity index (χ3n) is 5.53. The van der Waals surface area contributed by atoms with Gasteiger partial charge < -0.3 is 5.32 Å². The van der Waals surface area contributed by atoms with Crippen LogP contribution in [0.2, 0.25) is 0 Å². The molecule has 3 rings (SSSR count). The van der Waals surface area contributed by atoms with E-state index in [-0.39, 0.29) is 0 Å². The summed E-state index contributed by atoms with van der Waals surface area (Å²) in [5, 5.41) is 8.39. The number of aryl methyl sites for hydroxylation is 1. The predicted molar refractivity (Wildman–Crippen MR) is 82.6 cm³/mol. The van der Waals surface area contributed by atoms with Crippen molar-refractivity contribution in [3.05, 3.63) is 17.5 Å². The van der Waals surface area contributed by atoms with Gasteiger partial charge in [-0.1, -0.05) is 13.8 Å². The number of hydrogen-bond donors (Lipinski definition) is 1. The van der Waals surface area contributed by atoms with Crippen molar-refractivity contribution in [2.75, 3.05) is 0 Å². The van der Waals surface area contributed by atoms with Crippen LogP contribution in [0.3, 0.4) is 0 Å². The number of nitrogens with zero attached hydrogens (tertiary/aromatic N) is 2. The van der Waals surface area contributed by atoms with E-state index in [0.717, 1.165) is 17.9 Å². The quantitative estimate of drug-likeness (QED) is 0.913. The van der Waals surface area contributed by atoms with Gasteiger partial charge in [0.2, 0.25) is 0 Å². The van der Waals surface area contributed by atoms with Crippen LogP contribution in [-0.2, 0) is 13.5 Å². The van der Waals surface area contributed by atoms with Gasteiger partial charge in [0.05, 0.1) is 6.20 Å². The fraction of sp³-hybridized carbons (Fsp3) is 0.824. The molecule has 0 amide bonds. The van der Waals surface area contributed by atoms with Crippen molar-refractivity contribution in [1.29, 1.82) is 0 Å². The Kier molecular flexibility index (Phi) is 4.16. The second-order valence-corrected chi connectivity index (χ2v) is 7.14. The number of fused-ring (bicyclic) bond motifs is 1. The maximum absolute atomic E-state index is 4.45. The molecular formula is C17H29N3. The van der Waals surface area contributed by atoms with E-state index < -0.39 is 0 Å². The first-order valence-corrected chi connectivity index (χ1v) is 8.42. The lowest BCUT2D eigenvalue weighted by Gasteiger charge is -2.35. The van der Waals surface area contributed by atoms with Gasteiger partial charge in [-0.25, -0.2) is 0 Å².